The molecular weight excluding hydrogens is 394 g/mol. The average molecular weight is 417 g/mol. The lowest BCUT2D eigenvalue weighted by molar-refractivity contribution is -0.384. The van der Waals surface area contributed by atoms with E-state index in [1.54, 1.807) is 30.1 Å². The number of nitro groups is 1. The third-order valence-electron chi connectivity index (χ3n) is 4.82. The summed E-state index contributed by atoms with van der Waals surface area (Å²) in [5.74, 6) is -0.115. The number of hydrogen-bond acceptors (Lipinski definition) is 6. The summed E-state index contributed by atoms with van der Waals surface area (Å²) in [5, 5.41) is 17.4. The fourth-order valence-electron chi connectivity index (χ4n) is 3.21. The van der Waals surface area contributed by atoms with Crippen molar-refractivity contribution in [3.63, 3.8) is 0 Å². The first-order valence-corrected chi connectivity index (χ1v) is 10.2. The van der Waals surface area contributed by atoms with Crippen molar-refractivity contribution < 1.29 is 14.5 Å². The third-order valence-corrected chi connectivity index (χ3v) is 5.92. The van der Waals surface area contributed by atoms with Crippen molar-refractivity contribution in [1.82, 2.24) is 20.0 Å². The van der Waals surface area contributed by atoms with Gasteiger partial charge in [-0.05, 0) is 31.9 Å². The Morgan fingerprint density at radius 1 is 1.28 bits per heavy atom. The second kappa shape index (κ2) is 9.08. The molecule has 0 spiro atoms. The molecule has 0 bridgehead atoms. The van der Waals surface area contributed by atoms with Crippen LogP contribution in [0.2, 0.25) is 0 Å². The van der Waals surface area contributed by atoms with E-state index in [9.17, 15) is 19.7 Å². The van der Waals surface area contributed by atoms with E-state index in [4.69, 9.17) is 0 Å². The van der Waals surface area contributed by atoms with Crippen LogP contribution >= 0.6 is 11.8 Å². The van der Waals surface area contributed by atoms with Crippen LogP contribution in [0.3, 0.4) is 0 Å². The lowest BCUT2D eigenvalue weighted by Gasteiger charge is -2.33. The summed E-state index contributed by atoms with van der Waals surface area (Å²) < 4.78 is 1.58. The molecule has 1 saturated heterocycles. The lowest BCUT2D eigenvalue weighted by atomic mass is 10.0. The van der Waals surface area contributed by atoms with Crippen molar-refractivity contribution in [3.05, 3.63) is 52.3 Å². The smallest absolute Gasteiger partial charge is 0.269 e. The molecule has 1 aliphatic heterocycles. The second-order valence-electron chi connectivity index (χ2n) is 6.99. The zero-order chi connectivity index (χ0) is 21.0. The van der Waals surface area contributed by atoms with Crippen LogP contribution in [0.4, 0.5) is 5.69 Å². The number of thioether (sulfide) groups is 1. The maximum atomic E-state index is 12.7. The summed E-state index contributed by atoms with van der Waals surface area (Å²) in [6, 6.07) is 6.23. The molecule has 2 amide bonds. The molecule has 1 N–H and O–H groups in total. The number of aryl methyl sites for hydroxylation is 1. The highest BCUT2D eigenvalue weighted by Gasteiger charge is 2.27. The van der Waals surface area contributed by atoms with Crippen LogP contribution in [0.1, 0.15) is 30.1 Å². The molecule has 2 aromatic rings. The van der Waals surface area contributed by atoms with Gasteiger partial charge in [-0.3, -0.25) is 24.4 Å². The predicted molar refractivity (Wildman–Crippen MR) is 109 cm³/mol. The zero-order valence-corrected chi connectivity index (χ0v) is 17.1. The van der Waals surface area contributed by atoms with Gasteiger partial charge in [0.05, 0.1) is 21.9 Å². The summed E-state index contributed by atoms with van der Waals surface area (Å²) in [6.07, 6.45) is 4.61. The van der Waals surface area contributed by atoms with Crippen molar-refractivity contribution >= 4 is 29.3 Å². The molecule has 0 radical (unpaired) electrons. The minimum absolute atomic E-state index is 0.0312. The Labute approximate surface area is 172 Å². The topological polar surface area (TPSA) is 110 Å². The number of benzene rings is 1. The van der Waals surface area contributed by atoms with Crippen LogP contribution in [-0.2, 0) is 11.8 Å². The predicted octanol–water partition coefficient (Wildman–Crippen LogP) is 2.23. The molecule has 2 heterocycles. The van der Waals surface area contributed by atoms with Gasteiger partial charge in [-0.2, -0.15) is 5.10 Å². The van der Waals surface area contributed by atoms with Gasteiger partial charge in [0.2, 0.25) is 5.91 Å². The van der Waals surface area contributed by atoms with Crippen molar-refractivity contribution in [1.29, 1.82) is 0 Å². The first-order chi connectivity index (χ1) is 13.8. The van der Waals surface area contributed by atoms with Crippen LogP contribution in [0.5, 0.6) is 0 Å². The van der Waals surface area contributed by atoms with Crippen LogP contribution in [-0.4, -0.2) is 55.8 Å². The van der Waals surface area contributed by atoms with Gasteiger partial charge in [0.15, 0.2) is 0 Å². The summed E-state index contributed by atoms with van der Waals surface area (Å²) in [6.45, 7) is 3.01. The number of carbonyl (C=O) groups excluding carboxylic acids is 2. The highest BCUT2D eigenvalue weighted by Crippen LogP contribution is 2.27. The van der Waals surface area contributed by atoms with Crippen molar-refractivity contribution in [2.24, 2.45) is 7.05 Å². The Balaban J connectivity index is 1.47. The number of non-ortho nitro benzene ring substituents is 1. The number of nitro benzene ring substituents is 1. The fourth-order valence-corrected chi connectivity index (χ4v) is 4.16. The molecule has 29 heavy (non-hydrogen) atoms. The van der Waals surface area contributed by atoms with Gasteiger partial charge in [-0.1, -0.05) is 0 Å². The average Bonchev–Trinajstić information content (AvgIpc) is 3.15. The Hall–Kier alpha value is -2.88. The normalized spacial score (nSPS) is 15.7. The quantitative estimate of drug-likeness (QED) is 0.438. The van der Waals surface area contributed by atoms with E-state index < -0.39 is 4.92 Å². The largest absolute Gasteiger partial charge is 0.349 e. The van der Waals surface area contributed by atoms with Crippen molar-refractivity contribution in [3.8, 4) is 0 Å². The summed E-state index contributed by atoms with van der Waals surface area (Å²) in [5.41, 5.74) is 0.558. The Morgan fingerprint density at radius 2 is 1.93 bits per heavy atom. The van der Waals surface area contributed by atoms with Gasteiger partial charge >= 0.3 is 0 Å². The maximum Gasteiger partial charge on any atom is 0.269 e. The van der Waals surface area contributed by atoms with Crippen molar-refractivity contribution in [2.75, 3.05) is 13.1 Å². The SMILES string of the molecule is CC(Sc1ccc([N+](=O)[O-])cc1)C(=O)N1CCC(NC(=O)c2cnn(C)c2)CC1. The van der Waals surface area contributed by atoms with E-state index in [-0.39, 0.29) is 28.8 Å². The Kier molecular flexibility index (Phi) is 6.53. The molecule has 10 heteroatoms. The van der Waals surface area contributed by atoms with E-state index in [0.29, 0.717) is 31.5 Å². The number of hydrogen-bond donors (Lipinski definition) is 1. The Bertz CT molecular complexity index is 890. The van der Waals surface area contributed by atoms with Gasteiger partial charge in [0.25, 0.3) is 11.6 Å². The molecule has 3 rings (SSSR count). The number of nitrogens with zero attached hydrogens (tertiary/aromatic N) is 4. The molecule has 1 atom stereocenters. The molecular formula is C19H23N5O4S. The summed E-state index contributed by atoms with van der Waals surface area (Å²) in [7, 11) is 1.76. The minimum atomic E-state index is -0.444. The molecule has 1 unspecified atom stereocenters. The van der Waals surface area contributed by atoms with Gasteiger partial charge < -0.3 is 10.2 Å². The molecule has 0 saturated carbocycles. The minimum Gasteiger partial charge on any atom is -0.349 e. The molecule has 1 fully saturated rings. The van der Waals surface area contributed by atoms with E-state index in [0.717, 1.165) is 4.90 Å². The van der Waals surface area contributed by atoms with Gasteiger partial charge in [-0.25, -0.2) is 0 Å². The van der Waals surface area contributed by atoms with Gasteiger partial charge in [-0.15, -0.1) is 11.8 Å². The number of piperidine rings is 1. The van der Waals surface area contributed by atoms with Crippen LogP contribution in [0.25, 0.3) is 0 Å². The van der Waals surface area contributed by atoms with E-state index >= 15 is 0 Å². The highest BCUT2D eigenvalue weighted by molar-refractivity contribution is 8.00. The van der Waals surface area contributed by atoms with Crippen LogP contribution < -0.4 is 5.32 Å². The highest BCUT2D eigenvalue weighted by atomic mass is 32.2. The number of nitrogens with one attached hydrogen (secondary N) is 1. The number of rotatable bonds is 6. The van der Waals surface area contributed by atoms with Gasteiger partial charge in [0, 0.05) is 49.4 Å². The number of likely N-dealkylation sites (tertiary alicyclic amines) is 1. The number of amides is 2. The number of carbonyl (C=O) groups is 2. The first kappa shape index (κ1) is 20.8. The number of aromatic nitrogens is 2. The summed E-state index contributed by atoms with van der Waals surface area (Å²) >= 11 is 1.38. The van der Waals surface area contributed by atoms with E-state index in [2.05, 4.69) is 10.4 Å². The van der Waals surface area contributed by atoms with Crippen LogP contribution in [0.15, 0.2) is 41.6 Å². The third kappa shape index (κ3) is 5.35. The molecule has 9 nitrogen and oxygen atoms in total. The first-order valence-electron chi connectivity index (χ1n) is 9.33. The molecule has 154 valence electrons. The van der Waals surface area contributed by atoms with Crippen molar-refractivity contribution in [2.45, 2.75) is 36.0 Å². The fraction of sp³-hybridized carbons (Fsp3) is 0.421. The standard InChI is InChI=1S/C19H23N5O4S/c1-13(29-17-5-3-16(4-6-17)24(27)28)19(26)23-9-7-15(8-10-23)21-18(25)14-11-20-22(2)12-14/h3-6,11-13,15H,7-10H2,1-2H3,(H,21,25). The lowest BCUT2D eigenvalue weighted by Crippen LogP contribution is -2.48. The van der Waals surface area contributed by atoms with Gasteiger partial charge in [0.1, 0.15) is 0 Å². The van der Waals surface area contributed by atoms with Crippen LogP contribution in [0, 0.1) is 10.1 Å². The Morgan fingerprint density at radius 3 is 2.48 bits per heavy atom. The monoisotopic (exact) mass is 417 g/mol. The molecule has 1 aromatic carbocycles. The molecule has 1 aliphatic rings. The van der Waals surface area contributed by atoms with E-state index in [1.165, 1.54) is 30.1 Å². The molecule has 0 aliphatic carbocycles. The molecule has 1 aromatic heterocycles. The maximum absolute atomic E-state index is 12.7. The van der Waals surface area contributed by atoms with E-state index in [1.807, 2.05) is 11.8 Å². The zero-order valence-electron chi connectivity index (χ0n) is 16.3. The summed E-state index contributed by atoms with van der Waals surface area (Å²) in [4.78, 5) is 37.9. The second-order valence-corrected chi connectivity index (χ2v) is 8.40.